The Balaban J connectivity index is 1.56. The summed E-state index contributed by atoms with van der Waals surface area (Å²) >= 11 is 12.5. The summed E-state index contributed by atoms with van der Waals surface area (Å²) in [7, 11) is 1.95. The second kappa shape index (κ2) is 7.05. The lowest BCUT2D eigenvalue weighted by atomic mass is 10.1. The fraction of sp³-hybridized carbons (Fsp3) is 0.250. The van der Waals surface area contributed by atoms with Crippen molar-refractivity contribution in [1.82, 2.24) is 10.1 Å². The number of nitrogens with zero attached hydrogens (tertiary/aromatic N) is 2. The van der Waals surface area contributed by atoms with E-state index in [1.165, 1.54) is 0 Å². The van der Waals surface area contributed by atoms with E-state index in [1.807, 2.05) is 54.4 Å². The molecule has 0 amide bonds. The molecule has 0 spiro atoms. The minimum absolute atomic E-state index is 0.188. The molecule has 2 unspecified atom stereocenters. The van der Waals surface area contributed by atoms with E-state index in [0.29, 0.717) is 23.0 Å². The third-order valence-corrected chi connectivity index (χ3v) is 5.36. The number of benzene rings is 2. The van der Waals surface area contributed by atoms with Crippen molar-refractivity contribution >= 4 is 23.2 Å². The van der Waals surface area contributed by atoms with Crippen molar-refractivity contribution in [2.45, 2.75) is 25.1 Å². The molecule has 0 saturated carbocycles. The molecule has 134 valence electrons. The van der Waals surface area contributed by atoms with Crippen molar-refractivity contribution in [3.63, 3.8) is 0 Å². The van der Waals surface area contributed by atoms with Crippen molar-refractivity contribution < 1.29 is 9.63 Å². The number of aromatic nitrogens is 1. The average molecular weight is 389 g/mol. The van der Waals surface area contributed by atoms with E-state index in [-0.39, 0.29) is 6.04 Å². The molecule has 0 aliphatic heterocycles. The standard InChI is InChI=1S/C20H18Cl2N2O2/c1-24(11-14-9-18(23-26-14)12-5-3-2-4-6-12)20-16-7-13(21)8-17(22)15(16)10-19(20)25/h2-9,19-20,25H,10-11H2,1H3. The summed E-state index contributed by atoms with van der Waals surface area (Å²) in [5.41, 5.74) is 3.74. The number of likely N-dealkylation sites (N-methyl/N-ethyl adjacent to an activating group) is 1. The highest BCUT2D eigenvalue weighted by Crippen LogP contribution is 2.41. The summed E-state index contributed by atoms with van der Waals surface area (Å²) in [5, 5.41) is 15.9. The summed E-state index contributed by atoms with van der Waals surface area (Å²) in [6.07, 6.45) is -0.0195. The third kappa shape index (κ3) is 3.26. The number of rotatable bonds is 4. The molecule has 4 nitrogen and oxygen atoms in total. The first kappa shape index (κ1) is 17.6. The molecule has 0 fully saturated rings. The third-order valence-electron chi connectivity index (χ3n) is 4.80. The molecule has 2 atom stereocenters. The molecular formula is C20H18Cl2N2O2. The normalized spacial score (nSPS) is 19.1. The van der Waals surface area contributed by atoms with Crippen LogP contribution in [0.4, 0.5) is 0 Å². The summed E-state index contributed by atoms with van der Waals surface area (Å²) in [4.78, 5) is 2.04. The van der Waals surface area contributed by atoms with Crippen molar-refractivity contribution in [2.24, 2.45) is 0 Å². The van der Waals surface area contributed by atoms with E-state index in [2.05, 4.69) is 5.16 Å². The highest BCUT2D eigenvalue weighted by Gasteiger charge is 2.36. The Morgan fingerprint density at radius 3 is 2.73 bits per heavy atom. The number of hydrogen-bond donors (Lipinski definition) is 1. The van der Waals surface area contributed by atoms with Crippen LogP contribution in [0.2, 0.25) is 10.0 Å². The molecule has 0 saturated heterocycles. The van der Waals surface area contributed by atoms with Crippen LogP contribution in [0.1, 0.15) is 22.9 Å². The molecule has 6 heteroatoms. The van der Waals surface area contributed by atoms with Crippen LogP contribution in [0.15, 0.2) is 53.1 Å². The summed E-state index contributed by atoms with van der Waals surface area (Å²) in [6, 6.07) is 15.2. The topological polar surface area (TPSA) is 49.5 Å². The summed E-state index contributed by atoms with van der Waals surface area (Å²) < 4.78 is 5.49. The Kier molecular flexibility index (Phi) is 4.76. The highest BCUT2D eigenvalue weighted by atomic mass is 35.5. The molecule has 0 radical (unpaired) electrons. The molecular weight excluding hydrogens is 371 g/mol. The predicted octanol–water partition coefficient (Wildman–Crippen LogP) is 4.74. The zero-order valence-corrected chi connectivity index (χ0v) is 15.7. The number of fused-ring (bicyclic) bond motifs is 1. The van der Waals surface area contributed by atoms with Gasteiger partial charge in [0.2, 0.25) is 0 Å². The largest absolute Gasteiger partial charge is 0.391 e. The van der Waals surface area contributed by atoms with Crippen LogP contribution < -0.4 is 0 Å². The maximum absolute atomic E-state index is 10.6. The molecule has 1 aliphatic carbocycles. The van der Waals surface area contributed by atoms with Crippen LogP contribution in [0, 0.1) is 0 Å². The molecule has 1 aliphatic rings. The first-order chi connectivity index (χ1) is 12.5. The average Bonchev–Trinajstić information content (AvgIpc) is 3.20. The molecule has 1 aromatic heterocycles. The van der Waals surface area contributed by atoms with Gasteiger partial charge in [-0.05, 0) is 30.3 Å². The van der Waals surface area contributed by atoms with Gasteiger partial charge in [0.1, 0.15) is 5.69 Å². The van der Waals surface area contributed by atoms with Gasteiger partial charge in [0, 0.05) is 28.1 Å². The van der Waals surface area contributed by atoms with Crippen LogP contribution in [-0.4, -0.2) is 28.3 Å². The maximum atomic E-state index is 10.6. The SMILES string of the molecule is CN(Cc1cc(-c2ccccc2)no1)C1c2cc(Cl)cc(Cl)c2CC1O. The van der Waals surface area contributed by atoms with Gasteiger partial charge in [-0.1, -0.05) is 58.7 Å². The van der Waals surface area contributed by atoms with Gasteiger partial charge in [0.05, 0.1) is 18.7 Å². The molecule has 3 aromatic rings. The minimum Gasteiger partial charge on any atom is -0.391 e. The molecule has 1 N–H and O–H groups in total. The van der Waals surface area contributed by atoms with Crippen molar-refractivity contribution in [2.75, 3.05) is 7.05 Å². The quantitative estimate of drug-likeness (QED) is 0.701. The van der Waals surface area contributed by atoms with E-state index in [4.69, 9.17) is 27.7 Å². The molecule has 2 aromatic carbocycles. The van der Waals surface area contributed by atoms with E-state index < -0.39 is 6.10 Å². The maximum Gasteiger partial charge on any atom is 0.151 e. The zero-order chi connectivity index (χ0) is 18.3. The van der Waals surface area contributed by atoms with Crippen LogP contribution in [-0.2, 0) is 13.0 Å². The van der Waals surface area contributed by atoms with Gasteiger partial charge in [-0.3, -0.25) is 4.90 Å². The first-order valence-corrected chi connectivity index (χ1v) is 9.15. The van der Waals surface area contributed by atoms with E-state index in [0.717, 1.165) is 28.1 Å². The van der Waals surface area contributed by atoms with Gasteiger partial charge in [-0.25, -0.2) is 0 Å². The van der Waals surface area contributed by atoms with Crippen LogP contribution in [0.25, 0.3) is 11.3 Å². The lowest BCUT2D eigenvalue weighted by Crippen LogP contribution is -2.30. The lowest BCUT2D eigenvalue weighted by Gasteiger charge is -2.27. The smallest absolute Gasteiger partial charge is 0.151 e. The fourth-order valence-corrected chi connectivity index (χ4v) is 4.22. The van der Waals surface area contributed by atoms with E-state index >= 15 is 0 Å². The monoisotopic (exact) mass is 388 g/mol. The molecule has 26 heavy (non-hydrogen) atoms. The van der Waals surface area contributed by atoms with Crippen molar-refractivity contribution in [1.29, 1.82) is 0 Å². The Hall–Kier alpha value is -1.85. The Morgan fingerprint density at radius 2 is 1.96 bits per heavy atom. The Labute approximate surface area is 161 Å². The highest BCUT2D eigenvalue weighted by molar-refractivity contribution is 6.35. The van der Waals surface area contributed by atoms with E-state index in [1.54, 1.807) is 6.07 Å². The van der Waals surface area contributed by atoms with Gasteiger partial charge in [-0.15, -0.1) is 0 Å². The van der Waals surface area contributed by atoms with Gasteiger partial charge >= 0.3 is 0 Å². The first-order valence-electron chi connectivity index (χ1n) is 8.40. The minimum atomic E-state index is -0.539. The summed E-state index contributed by atoms with van der Waals surface area (Å²) in [5.74, 6) is 0.736. The van der Waals surface area contributed by atoms with Crippen LogP contribution >= 0.6 is 23.2 Å². The molecule has 0 bridgehead atoms. The van der Waals surface area contributed by atoms with Crippen molar-refractivity contribution in [3.05, 3.63) is 75.5 Å². The molecule has 4 rings (SSSR count). The van der Waals surface area contributed by atoms with Gasteiger partial charge in [-0.2, -0.15) is 0 Å². The lowest BCUT2D eigenvalue weighted by molar-refractivity contribution is 0.0677. The summed E-state index contributed by atoms with van der Waals surface area (Å²) in [6.45, 7) is 0.519. The Morgan fingerprint density at radius 1 is 1.19 bits per heavy atom. The van der Waals surface area contributed by atoms with E-state index in [9.17, 15) is 5.11 Å². The molecule has 1 heterocycles. The van der Waals surface area contributed by atoms with Gasteiger partial charge in [0.15, 0.2) is 5.76 Å². The zero-order valence-electron chi connectivity index (χ0n) is 14.2. The number of aliphatic hydroxyl groups is 1. The van der Waals surface area contributed by atoms with Crippen LogP contribution in [0.3, 0.4) is 0 Å². The van der Waals surface area contributed by atoms with Crippen molar-refractivity contribution in [3.8, 4) is 11.3 Å². The number of hydrogen-bond acceptors (Lipinski definition) is 4. The second-order valence-electron chi connectivity index (χ2n) is 6.63. The van der Waals surface area contributed by atoms with Gasteiger partial charge < -0.3 is 9.63 Å². The second-order valence-corrected chi connectivity index (χ2v) is 7.47. The number of aliphatic hydroxyl groups excluding tert-OH is 1. The Bertz CT molecular complexity index is 927. The fourth-order valence-electron chi connectivity index (χ4n) is 3.64. The predicted molar refractivity (Wildman–Crippen MR) is 102 cm³/mol. The van der Waals surface area contributed by atoms with Crippen LogP contribution in [0.5, 0.6) is 0 Å². The number of halogens is 2. The van der Waals surface area contributed by atoms with Gasteiger partial charge in [0.25, 0.3) is 0 Å².